The van der Waals surface area contributed by atoms with Gasteiger partial charge in [0.2, 0.25) is 0 Å². The van der Waals surface area contributed by atoms with Gasteiger partial charge in [-0.15, -0.1) is 11.8 Å². The zero-order valence-corrected chi connectivity index (χ0v) is 10.1. The topological polar surface area (TPSA) is 38.9 Å². The normalized spacial score (nSPS) is 10.4. The number of nitrogen functional groups attached to an aromatic ring is 1. The molecule has 2 N–H and O–H groups in total. The van der Waals surface area contributed by atoms with Gasteiger partial charge in [-0.2, -0.15) is 0 Å². The summed E-state index contributed by atoms with van der Waals surface area (Å²) < 4.78 is 13.1. The van der Waals surface area contributed by atoms with Crippen LogP contribution in [0.3, 0.4) is 0 Å². The zero-order chi connectivity index (χ0) is 12.1. The molecular formula is C13H13FN2S. The van der Waals surface area contributed by atoms with Gasteiger partial charge in [0.1, 0.15) is 5.82 Å². The van der Waals surface area contributed by atoms with Gasteiger partial charge in [0.15, 0.2) is 0 Å². The lowest BCUT2D eigenvalue weighted by Crippen LogP contribution is -1.91. The average molecular weight is 248 g/mol. The Morgan fingerprint density at radius 3 is 2.88 bits per heavy atom. The van der Waals surface area contributed by atoms with Crippen molar-refractivity contribution in [2.75, 3.05) is 11.5 Å². The highest BCUT2D eigenvalue weighted by molar-refractivity contribution is 7.99. The first kappa shape index (κ1) is 11.9. The van der Waals surface area contributed by atoms with Crippen LogP contribution < -0.4 is 5.73 Å². The van der Waals surface area contributed by atoms with Crippen molar-refractivity contribution in [3.63, 3.8) is 0 Å². The van der Waals surface area contributed by atoms with Gasteiger partial charge in [-0.3, -0.25) is 4.98 Å². The summed E-state index contributed by atoms with van der Waals surface area (Å²) in [5.74, 6) is 0.600. The van der Waals surface area contributed by atoms with Gasteiger partial charge < -0.3 is 5.73 Å². The molecule has 0 saturated heterocycles. The molecule has 1 aromatic carbocycles. The van der Waals surface area contributed by atoms with E-state index in [0.29, 0.717) is 5.69 Å². The lowest BCUT2D eigenvalue weighted by molar-refractivity contribution is 0.625. The van der Waals surface area contributed by atoms with Crippen LogP contribution in [0.4, 0.5) is 10.1 Å². The van der Waals surface area contributed by atoms with Gasteiger partial charge >= 0.3 is 0 Å². The van der Waals surface area contributed by atoms with Crippen LogP contribution in [-0.4, -0.2) is 10.7 Å². The second kappa shape index (κ2) is 5.68. The number of pyridine rings is 1. The van der Waals surface area contributed by atoms with E-state index in [0.717, 1.165) is 17.1 Å². The van der Waals surface area contributed by atoms with Gasteiger partial charge in [-0.25, -0.2) is 4.39 Å². The number of benzene rings is 1. The van der Waals surface area contributed by atoms with Gasteiger partial charge in [-0.05, 0) is 36.2 Å². The summed E-state index contributed by atoms with van der Waals surface area (Å²) >= 11 is 1.60. The molecular weight excluding hydrogens is 235 g/mol. The highest BCUT2D eigenvalue weighted by Crippen LogP contribution is 2.22. The summed E-state index contributed by atoms with van der Waals surface area (Å²) in [4.78, 5) is 4.92. The number of thioether (sulfide) groups is 1. The average Bonchev–Trinajstić information content (AvgIpc) is 2.29. The van der Waals surface area contributed by atoms with Gasteiger partial charge in [0.05, 0.1) is 0 Å². The van der Waals surface area contributed by atoms with E-state index in [1.165, 1.54) is 17.7 Å². The van der Waals surface area contributed by atoms with Crippen molar-refractivity contribution in [3.8, 4) is 0 Å². The molecule has 0 unspecified atom stereocenters. The third-order valence-electron chi connectivity index (χ3n) is 2.28. The molecule has 0 atom stereocenters. The van der Waals surface area contributed by atoms with Crippen LogP contribution in [0.2, 0.25) is 0 Å². The van der Waals surface area contributed by atoms with Crippen molar-refractivity contribution in [2.24, 2.45) is 0 Å². The fraction of sp³-hybridized carbons (Fsp3) is 0.154. The van der Waals surface area contributed by atoms with Crippen molar-refractivity contribution in [3.05, 3.63) is 54.1 Å². The highest BCUT2D eigenvalue weighted by atomic mass is 32.2. The lowest BCUT2D eigenvalue weighted by atomic mass is 10.2. The Kier molecular flexibility index (Phi) is 3.98. The predicted octanol–water partition coefficient (Wildman–Crippen LogP) is 3.14. The SMILES string of the molecule is Nc1cc(F)cc(SCCc2cccnc2)c1. The molecule has 4 heteroatoms. The van der Waals surface area contributed by atoms with E-state index in [1.54, 1.807) is 24.0 Å². The van der Waals surface area contributed by atoms with Crippen molar-refractivity contribution in [1.29, 1.82) is 0 Å². The number of aromatic nitrogens is 1. The Bertz CT molecular complexity index is 468. The minimum atomic E-state index is -0.283. The van der Waals surface area contributed by atoms with Crippen LogP contribution in [0.15, 0.2) is 47.6 Å². The van der Waals surface area contributed by atoms with Crippen LogP contribution in [0.1, 0.15) is 5.56 Å². The summed E-state index contributed by atoms with van der Waals surface area (Å²) in [5.41, 5.74) is 7.23. The molecule has 0 spiro atoms. The largest absolute Gasteiger partial charge is 0.399 e. The third kappa shape index (κ3) is 3.75. The molecule has 17 heavy (non-hydrogen) atoms. The maximum absolute atomic E-state index is 13.1. The maximum Gasteiger partial charge on any atom is 0.126 e. The summed E-state index contributed by atoms with van der Waals surface area (Å²) in [6.07, 6.45) is 4.51. The molecule has 0 fully saturated rings. The van der Waals surface area contributed by atoms with Crippen molar-refractivity contribution >= 4 is 17.4 Å². The monoisotopic (exact) mass is 248 g/mol. The molecule has 2 aromatic rings. The minimum absolute atomic E-state index is 0.283. The molecule has 0 saturated carbocycles. The van der Waals surface area contributed by atoms with Crippen molar-refractivity contribution in [2.45, 2.75) is 11.3 Å². The van der Waals surface area contributed by atoms with Crippen LogP contribution >= 0.6 is 11.8 Å². The number of halogens is 1. The van der Waals surface area contributed by atoms with Gasteiger partial charge in [0, 0.05) is 28.7 Å². The number of rotatable bonds is 4. The van der Waals surface area contributed by atoms with E-state index in [1.807, 2.05) is 18.3 Å². The molecule has 1 heterocycles. The number of hydrogen-bond acceptors (Lipinski definition) is 3. The first-order valence-corrected chi connectivity index (χ1v) is 6.30. The quantitative estimate of drug-likeness (QED) is 0.667. The Morgan fingerprint density at radius 1 is 1.29 bits per heavy atom. The lowest BCUT2D eigenvalue weighted by Gasteiger charge is -2.03. The van der Waals surface area contributed by atoms with E-state index in [4.69, 9.17) is 5.73 Å². The number of nitrogens with zero attached hydrogens (tertiary/aromatic N) is 1. The summed E-state index contributed by atoms with van der Waals surface area (Å²) in [6.45, 7) is 0. The standard InChI is InChI=1S/C13H13FN2S/c14-11-6-12(15)8-13(7-11)17-5-3-10-2-1-4-16-9-10/h1-2,4,6-9H,3,5,15H2. The number of hydrogen-bond donors (Lipinski definition) is 1. The van der Waals surface area contributed by atoms with E-state index < -0.39 is 0 Å². The molecule has 0 radical (unpaired) electrons. The molecule has 1 aromatic heterocycles. The van der Waals surface area contributed by atoms with Crippen molar-refractivity contribution < 1.29 is 4.39 Å². The van der Waals surface area contributed by atoms with Crippen LogP contribution in [0.5, 0.6) is 0 Å². The Hall–Kier alpha value is -1.55. The van der Waals surface area contributed by atoms with E-state index in [2.05, 4.69) is 4.98 Å². The van der Waals surface area contributed by atoms with Gasteiger partial charge in [0.25, 0.3) is 0 Å². The highest BCUT2D eigenvalue weighted by Gasteiger charge is 2.00. The molecule has 0 aliphatic carbocycles. The molecule has 88 valence electrons. The predicted molar refractivity (Wildman–Crippen MR) is 69.5 cm³/mol. The van der Waals surface area contributed by atoms with Crippen LogP contribution in [-0.2, 0) is 6.42 Å². The van der Waals surface area contributed by atoms with E-state index in [-0.39, 0.29) is 5.82 Å². The summed E-state index contributed by atoms with van der Waals surface area (Å²) in [7, 11) is 0. The Morgan fingerprint density at radius 2 is 2.18 bits per heavy atom. The first-order valence-electron chi connectivity index (χ1n) is 5.32. The number of aryl methyl sites for hydroxylation is 1. The Balaban J connectivity index is 1.90. The minimum Gasteiger partial charge on any atom is -0.399 e. The number of nitrogens with two attached hydrogens (primary N) is 1. The summed E-state index contributed by atoms with van der Waals surface area (Å²) in [5, 5.41) is 0. The summed E-state index contributed by atoms with van der Waals surface area (Å²) in [6, 6.07) is 8.57. The third-order valence-corrected chi connectivity index (χ3v) is 3.25. The fourth-order valence-electron chi connectivity index (χ4n) is 1.50. The second-order valence-electron chi connectivity index (χ2n) is 3.68. The first-order chi connectivity index (χ1) is 8.24. The maximum atomic E-state index is 13.1. The van der Waals surface area contributed by atoms with Crippen LogP contribution in [0.25, 0.3) is 0 Å². The van der Waals surface area contributed by atoms with Gasteiger partial charge in [-0.1, -0.05) is 6.07 Å². The molecule has 0 bridgehead atoms. The van der Waals surface area contributed by atoms with Crippen LogP contribution in [0, 0.1) is 5.82 Å². The molecule has 2 rings (SSSR count). The smallest absolute Gasteiger partial charge is 0.126 e. The van der Waals surface area contributed by atoms with E-state index in [9.17, 15) is 4.39 Å². The molecule has 2 nitrogen and oxygen atoms in total. The molecule has 0 aliphatic rings. The zero-order valence-electron chi connectivity index (χ0n) is 9.27. The number of anilines is 1. The Labute approximate surface area is 104 Å². The second-order valence-corrected chi connectivity index (χ2v) is 4.85. The molecule has 0 aliphatic heterocycles. The molecule has 0 amide bonds. The van der Waals surface area contributed by atoms with Crippen molar-refractivity contribution in [1.82, 2.24) is 4.98 Å². The van der Waals surface area contributed by atoms with E-state index >= 15 is 0 Å². The fourth-order valence-corrected chi connectivity index (χ4v) is 2.49.